The number of halogens is 1. The van der Waals surface area contributed by atoms with Gasteiger partial charge in [0, 0.05) is 18.9 Å². The second-order valence-electron chi connectivity index (χ2n) is 6.00. The minimum absolute atomic E-state index is 0.0483. The fourth-order valence-corrected chi connectivity index (χ4v) is 3.73. The molecule has 0 aliphatic heterocycles. The molecule has 2 heterocycles. The van der Waals surface area contributed by atoms with Gasteiger partial charge in [-0.15, -0.1) is 0 Å². The molecular formula is C20H17FN4O2S. The number of benzene rings is 2. The van der Waals surface area contributed by atoms with Crippen LogP contribution in [0.25, 0.3) is 10.2 Å². The Kier molecular flexibility index (Phi) is 5.29. The van der Waals surface area contributed by atoms with Crippen molar-refractivity contribution < 1.29 is 13.9 Å². The van der Waals surface area contributed by atoms with E-state index in [1.54, 1.807) is 27.9 Å². The van der Waals surface area contributed by atoms with Crippen LogP contribution in [-0.2, 0) is 11.3 Å². The van der Waals surface area contributed by atoms with Gasteiger partial charge in [0.05, 0.1) is 16.8 Å². The van der Waals surface area contributed by atoms with Crippen molar-refractivity contribution in [3.63, 3.8) is 0 Å². The van der Waals surface area contributed by atoms with Crippen LogP contribution in [0, 0.1) is 5.82 Å². The topological polar surface area (TPSA) is 60.2 Å². The van der Waals surface area contributed by atoms with Gasteiger partial charge in [-0.25, -0.2) is 9.37 Å². The van der Waals surface area contributed by atoms with Crippen molar-refractivity contribution >= 4 is 32.6 Å². The van der Waals surface area contributed by atoms with Crippen molar-refractivity contribution in [2.24, 2.45) is 0 Å². The maximum absolute atomic E-state index is 13.8. The Morgan fingerprint density at radius 3 is 2.75 bits per heavy atom. The fraction of sp³-hybridized carbons (Fsp3) is 0.150. The number of hydrogen-bond donors (Lipinski definition) is 0. The van der Waals surface area contributed by atoms with Gasteiger partial charge in [-0.05, 0) is 30.3 Å². The van der Waals surface area contributed by atoms with E-state index >= 15 is 0 Å². The smallest absolute Gasteiger partial charge is 0.266 e. The number of rotatable bonds is 7. The van der Waals surface area contributed by atoms with Crippen LogP contribution in [-0.4, -0.2) is 33.8 Å². The number of nitrogens with zero attached hydrogens (tertiary/aromatic N) is 4. The van der Waals surface area contributed by atoms with Crippen LogP contribution >= 0.6 is 11.3 Å². The molecule has 0 saturated heterocycles. The van der Waals surface area contributed by atoms with Gasteiger partial charge in [-0.3, -0.25) is 14.4 Å². The lowest BCUT2D eigenvalue weighted by molar-refractivity contribution is -0.120. The quantitative estimate of drug-likeness (QED) is 0.477. The number of para-hydroxylation sites is 2. The molecule has 1 amide bonds. The Morgan fingerprint density at radius 1 is 1.14 bits per heavy atom. The largest absolute Gasteiger partial charge is 0.481 e. The van der Waals surface area contributed by atoms with Crippen molar-refractivity contribution in [2.45, 2.75) is 6.54 Å². The summed E-state index contributed by atoms with van der Waals surface area (Å²) in [4.78, 5) is 19.0. The van der Waals surface area contributed by atoms with E-state index in [4.69, 9.17) is 4.74 Å². The average Bonchev–Trinajstić information content (AvgIpc) is 3.37. The van der Waals surface area contributed by atoms with Crippen LogP contribution in [0.3, 0.4) is 0 Å². The number of hydrogen-bond acceptors (Lipinski definition) is 5. The van der Waals surface area contributed by atoms with Gasteiger partial charge >= 0.3 is 0 Å². The number of carbonyl (C=O) groups is 1. The van der Waals surface area contributed by atoms with Crippen LogP contribution in [0.5, 0.6) is 5.75 Å². The zero-order chi connectivity index (χ0) is 19.3. The molecule has 8 heteroatoms. The molecule has 6 nitrogen and oxygen atoms in total. The predicted molar refractivity (Wildman–Crippen MR) is 106 cm³/mol. The molecule has 0 radical (unpaired) electrons. The van der Waals surface area contributed by atoms with E-state index in [1.807, 2.05) is 36.5 Å². The highest BCUT2D eigenvalue weighted by Gasteiger charge is 2.21. The van der Waals surface area contributed by atoms with Gasteiger partial charge in [0.25, 0.3) is 5.91 Å². The summed E-state index contributed by atoms with van der Waals surface area (Å²) < 4.78 is 21.9. The SMILES string of the molecule is O=C(COc1ccccc1F)N(CCn1cccn1)c1nc2ccccc2s1. The first kappa shape index (κ1) is 18.1. The summed E-state index contributed by atoms with van der Waals surface area (Å²) in [6, 6.07) is 15.5. The fourth-order valence-electron chi connectivity index (χ4n) is 2.72. The average molecular weight is 396 g/mol. The third kappa shape index (κ3) is 4.01. The summed E-state index contributed by atoms with van der Waals surface area (Å²) in [6.07, 6.45) is 3.52. The second-order valence-corrected chi connectivity index (χ2v) is 7.01. The highest BCUT2D eigenvalue weighted by Crippen LogP contribution is 2.29. The molecule has 142 valence electrons. The lowest BCUT2D eigenvalue weighted by Gasteiger charge is -2.20. The van der Waals surface area contributed by atoms with Crippen molar-refractivity contribution in [1.82, 2.24) is 14.8 Å². The predicted octanol–water partition coefficient (Wildman–Crippen LogP) is 3.74. The van der Waals surface area contributed by atoms with Crippen molar-refractivity contribution in [3.8, 4) is 5.75 Å². The van der Waals surface area contributed by atoms with Gasteiger partial charge in [0.2, 0.25) is 0 Å². The number of anilines is 1. The molecular weight excluding hydrogens is 379 g/mol. The molecule has 0 atom stereocenters. The molecule has 4 aromatic rings. The molecule has 0 fully saturated rings. The van der Waals surface area contributed by atoms with E-state index in [0.717, 1.165) is 10.2 Å². The molecule has 0 aliphatic carbocycles. The highest BCUT2D eigenvalue weighted by molar-refractivity contribution is 7.22. The van der Waals surface area contributed by atoms with Crippen molar-refractivity contribution in [3.05, 3.63) is 72.8 Å². The number of amides is 1. The Labute approximate surface area is 164 Å². The van der Waals surface area contributed by atoms with Crippen LogP contribution in [0.15, 0.2) is 67.0 Å². The second kappa shape index (κ2) is 8.18. The first-order valence-corrected chi connectivity index (χ1v) is 9.53. The standard InChI is InChI=1S/C20H17FN4O2S/c21-15-6-1-3-8-17(15)27-14-19(26)25(13-12-24-11-5-10-22-24)20-23-16-7-2-4-9-18(16)28-20/h1-11H,12-14H2. The maximum atomic E-state index is 13.8. The molecule has 0 aliphatic rings. The Hall–Kier alpha value is -3.26. The van der Waals surface area contributed by atoms with Gasteiger partial charge < -0.3 is 4.74 Å². The third-order valence-corrected chi connectivity index (χ3v) is 5.17. The van der Waals surface area contributed by atoms with Crippen LogP contribution in [0.2, 0.25) is 0 Å². The zero-order valence-corrected chi connectivity index (χ0v) is 15.7. The lowest BCUT2D eigenvalue weighted by atomic mass is 10.3. The summed E-state index contributed by atoms with van der Waals surface area (Å²) in [6.45, 7) is 0.602. The monoisotopic (exact) mass is 396 g/mol. The molecule has 2 aromatic heterocycles. The van der Waals surface area contributed by atoms with E-state index in [-0.39, 0.29) is 18.3 Å². The Morgan fingerprint density at radius 2 is 1.96 bits per heavy atom. The summed E-state index contributed by atoms with van der Waals surface area (Å²) >= 11 is 1.43. The maximum Gasteiger partial charge on any atom is 0.266 e. The third-order valence-electron chi connectivity index (χ3n) is 4.11. The van der Waals surface area contributed by atoms with Crippen LogP contribution in [0.4, 0.5) is 9.52 Å². The lowest BCUT2D eigenvalue weighted by Crippen LogP contribution is -2.37. The van der Waals surface area contributed by atoms with E-state index < -0.39 is 5.82 Å². The number of carbonyl (C=O) groups excluding carboxylic acids is 1. The summed E-state index contributed by atoms with van der Waals surface area (Å²) in [5.74, 6) is -0.750. The van der Waals surface area contributed by atoms with E-state index in [9.17, 15) is 9.18 Å². The van der Waals surface area contributed by atoms with E-state index in [0.29, 0.717) is 18.2 Å². The normalized spacial score (nSPS) is 10.9. The summed E-state index contributed by atoms with van der Waals surface area (Å²) in [7, 11) is 0. The van der Waals surface area contributed by atoms with Gasteiger partial charge in [0.1, 0.15) is 0 Å². The van der Waals surface area contributed by atoms with Crippen molar-refractivity contribution in [1.29, 1.82) is 0 Å². The number of ether oxygens (including phenoxy) is 1. The summed E-state index contributed by atoms with van der Waals surface area (Å²) in [5, 5.41) is 4.75. The van der Waals surface area contributed by atoms with E-state index in [1.165, 1.54) is 23.5 Å². The number of fused-ring (bicyclic) bond motifs is 1. The summed E-state index contributed by atoms with van der Waals surface area (Å²) in [5.41, 5.74) is 0.828. The zero-order valence-electron chi connectivity index (χ0n) is 14.9. The molecule has 2 aromatic carbocycles. The minimum Gasteiger partial charge on any atom is -0.481 e. The van der Waals surface area contributed by atoms with Gasteiger partial charge in [0.15, 0.2) is 23.3 Å². The van der Waals surface area contributed by atoms with Crippen LogP contribution < -0.4 is 9.64 Å². The Bertz CT molecular complexity index is 1050. The van der Waals surface area contributed by atoms with Crippen LogP contribution in [0.1, 0.15) is 0 Å². The minimum atomic E-state index is -0.502. The number of thiazole rings is 1. The first-order chi connectivity index (χ1) is 13.7. The van der Waals surface area contributed by atoms with Gasteiger partial charge in [-0.1, -0.05) is 35.6 Å². The molecule has 4 rings (SSSR count). The number of aromatic nitrogens is 3. The van der Waals surface area contributed by atoms with Gasteiger partial charge in [-0.2, -0.15) is 5.10 Å². The van der Waals surface area contributed by atoms with Crippen molar-refractivity contribution in [2.75, 3.05) is 18.1 Å². The van der Waals surface area contributed by atoms with E-state index in [2.05, 4.69) is 10.1 Å². The first-order valence-electron chi connectivity index (χ1n) is 8.71. The Balaban J connectivity index is 1.54. The molecule has 0 N–H and O–H groups in total. The molecule has 0 spiro atoms. The highest BCUT2D eigenvalue weighted by atomic mass is 32.1. The molecule has 0 unspecified atom stereocenters. The molecule has 28 heavy (non-hydrogen) atoms. The molecule has 0 saturated carbocycles. The molecule has 0 bridgehead atoms.